The molecular weight excluding hydrogens is 339 g/mol. The number of hydrogen-bond donors (Lipinski definition) is 0. The van der Waals surface area contributed by atoms with Crippen molar-refractivity contribution in [3.8, 4) is 5.69 Å². The van der Waals surface area contributed by atoms with E-state index in [2.05, 4.69) is 20.0 Å². The first kappa shape index (κ1) is 16.1. The van der Waals surface area contributed by atoms with E-state index >= 15 is 0 Å². The monoisotopic (exact) mass is 358 g/mol. The van der Waals surface area contributed by atoms with Gasteiger partial charge in [-0.1, -0.05) is 5.46 Å². The minimum absolute atomic E-state index is 0.0368. The molecule has 1 amide bonds. The van der Waals surface area contributed by atoms with Crippen LogP contribution in [0.1, 0.15) is 28.9 Å². The Hall–Kier alpha value is -3.16. The number of carbonyl (C=O) groups excluding carboxylic acids is 1. The third-order valence-electron chi connectivity index (χ3n) is 5.17. The summed E-state index contributed by atoms with van der Waals surface area (Å²) < 4.78 is 1.75. The lowest BCUT2D eigenvalue weighted by molar-refractivity contribution is 0.0996. The Morgan fingerprint density at radius 2 is 1.89 bits per heavy atom. The highest BCUT2D eigenvalue weighted by atomic mass is 16.2. The molecule has 0 radical (unpaired) electrons. The number of aromatic nitrogens is 4. The van der Waals surface area contributed by atoms with Crippen molar-refractivity contribution in [2.45, 2.75) is 19.4 Å². The second kappa shape index (κ2) is 6.23. The predicted octanol–water partition coefficient (Wildman–Crippen LogP) is 0.681. The van der Waals surface area contributed by atoms with Crippen molar-refractivity contribution in [1.29, 1.82) is 0 Å². The average molecular weight is 358 g/mol. The maximum Gasteiger partial charge on any atom is 0.262 e. The van der Waals surface area contributed by atoms with Gasteiger partial charge in [0.2, 0.25) is 0 Å². The maximum atomic E-state index is 12.8. The molecule has 8 heteroatoms. The number of fused-ring (bicyclic) bond motifs is 1. The molecule has 27 heavy (non-hydrogen) atoms. The summed E-state index contributed by atoms with van der Waals surface area (Å²) in [5.74, 6) is 0.968. The molecule has 5 heterocycles. The van der Waals surface area contributed by atoms with Crippen LogP contribution in [0.25, 0.3) is 5.69 Å². The van der Waals surface area contributed by atoms with Crippen molar-refractivity contribution in [3.05, 3.63) is 54.2 Å². The van der Waals surface area contributed by atoms with Crippen LogP contribution >= 0.6 is 0 Å². The largest absolute Gasteiger partial charge is 0.357 e. The standard InChI is InChI=1S/C19H19BN6O/c20-13-7-15(9-21-8-13)25-12-17-16(19(25)27)11-26(23-17)14-3-4-18(22-10-14)24-5-1-2-6-24/h3-4,7-11H,1-2,5-6,12,20H2. The van der Waals surface area contributed by atoms with E-state index in [4.69, 9.17) is 0 Å². The molecule has 2 aliphatic rings. The average Bonchev–Trinajstić information content (AvgIpc) is 3.40. The van der Waals surface area contributed by atoms with Gasteiger partial charge in [0.15, 0.2) is 0 Å². The molecule has 0 N–H and O–H groups in total. The number of anilines is 2. The van der Waals surface area contributed by atoms with E-state index in [1.54, 1.807) is 28.2 Å². The van der Waals surface area contributed by atoms with Crippen molar-refractivity contribution < 1.29 is 4.79 Å². The summed E-state index contributed by atoms with van der Waals surface area (Å²) >= 11 is 0. The Balaban J connectivity index is 1.39. The van der Waals surface area contributed by atoms with Crippen LogP contribution < -0.4 is 15.3 Å². The molecule has 0 aliphatic carbocycles. The second-order valence-corrected chi connectivity index (χ2v) is 7.11. The molecule has 134 valence electrons. The summed E-state index contributed by atoms with van der Waals surface area (Å²) in [6, 6.07) is 6.00. The fourth-order valence-corrected chi connectivity index (χ4v) is 3.75. The molecule has 0 aromatic carbocycles. The van der Waals surface area contributed by atoms with Gasteiger partial charge in [0.05, 0.1) is 41.6 Å². The molecule has 0 atom stereocenters. The Kier molecular flexibility index (Phi) is 3.70. The molecule has 7 nitrogen and oxygen atoms in total. The SMILES string of the molecule is Bc1cncc(N2Cc3nn(-c4ccc(N5CCCC5)nc4)cc3C2=O)c1. The Bertz CT molecular complexity index is 1010. The molecule has 1 fully saturated rings. The second-order valence-electron chi connectivity index (χ2n) is 7.11. The number of amides is 1. The molecule has 1 saturated heterocycles. The normalized spacial score (nSPS) is 16.2. The van der Waals surface area contributed by atoms with Gasteiger partial charge < -0.3 is 9.80 Å². The van der Waals surface area contributed by atoms with E-state index in [1.807, 2.05) is 32.2 Å². The Morgan fingerprint density at radius 3 is 2.59 bits per heavy atom. The maximum absolute atomic E-state index is 12.8. The number of hydrogen-bond acceptors (Lipinski definition) is 5. The zero-order valence-corrected chi connectivity index (χ0v) is 15.2. The third kappa shape index (κ3) is 2.77. The van der Waals surface area contributed by atoms with Gasteiger partial charge in [0.25, 0.3) is 5.91 Å². The topological polar surface area (TPSA) is 67.2 Å². The number of rotatable bonds is 3. The molecule has 0 unspecified atom stereocenters. The summed E-state index contributed by atoms with van der Waals surface area (Å²) in [7, 11) is 1.97. The van der Waals surface area contributed by atoms with Crippen molar-refractivity contribution in [2.24, 2.45) is 0 Å². The lowest BCUT2D eigenvalue weighted by Gasteiger charge is -2.17. The summed E-state index contributed by atoms with van der Waals surface area (Å²) in [4.78, 5) is 25.6. The van der Waals surface area contributed by atoms with Crippen LogP contribution in [0, 0.1) is 0 Å². The van der Waals surface area contributed by atoms with Crippen molar-refractivity contribution in [1.82, 2.24) is 19.7 Å². The number of pyridine rings is 2. The van der Waals surface area contributed by atoms with Crippen molar-refractivity contribution in [2.75, 3.05) is 22.9 Å². The van der Waals surface area contributed by atoms with E-state index in [-0.39, 0.29) is 5.91 Å². The van der Waals surface area contributed by atoms with Crippen molar-refractivity contribution in [3.63, 3.8) is 0 Å². The van der Waals surface area contributed by atoms with Crippen LogP contribution in [0.5, 0.6) is 0 Å². The molecule has 0 spiro atoms. The van der Waals surface area contributed by atoms with Gasteiger partial charge in [-0.25, -0.2) is 9.67 Å². The van der Waals surface area contributed by atoms with Crippen LogP contribution in [-0.2, 0) is 6.54 Å². The van der Waals surface area contributed by atoms with Crippen LogP contribution in [0.4, 0.5) is 11.5 Å². The van der Waals surface area contributed by atoms with Gasteiger partial charge in [-0.05, 0) is 31.0 Å². The third-order valence-corrected chi connectivity index (χ3v) is 5.17. The van der Waals surface area contributed by atoms with Crippen LogP contribution in [0.2, 0.25) is 0 Å². The highest BCUT2D eigenvalue weighted by Gasteiger charge is 2.32. The number of nitrogens with zero attached hydrogens (tertiary/aromatic N) is 6. The lowest BCUT2D eigenvalue weighted by Crippen LogP contribution is -2.25. The lowest BCUT2D eigenvalue weighted by atomic mass is 9.98. The Morgan fingerprint density at radius 1 is 1.04 bits per heavy atom. The summed E-state index contributed by atoms with van der Waals surface area (Å²) in [6.07, 6.45) is 9.57. The highest BCUT2D eigenvalue weighted by Crippen LogP contribution is 2.27. The van der Waals surface area contributed by atoms with Crippen LogP contribution in [0.15, 0.2) is 43.0 Å². The Labute approximate surface area is 158 Å². The first-order valence-electron chi connectivity index (χ1n) is 9.22. The van der Waals surface area contributed by atoms with E-state index < -0.39 is 0 Å². The fraction of sp³-hybridized carbons (Fsp3) is 0.263. The van der Waals surface area contributed by atoms with Gasteiger partial charge in [-0.15, -0.1) is 0 Å². The van der Waals surface area contributed by atoms with Gasteiger partial charge in [0.1, 0.15) is 13.7 Å². The van der Waals surface area contributed by atoms with Crippen LogP contribution in [0.3, 0.4) is 0 Å². The van der Waals surface area contributed by atoms with Gasteiger partial charge in [0, 0.05) is 25.5 Å². The first-order valence-corrected chi connectivity index (χ1v) is 9.22. The van der Waals surface area contributed by atoms with E-state index in [0.29, 0.717) is 12.1 Å². The zero-order valence-electron chi connectivity index (χ0n) is 15.2. The fourth-order valence-electron chi connectivity index (χ4n) is 3.75. The van der Waals surface area contributed by atoms with Crippen LogP contribution in [-0.4, -0.2) is 46.6 Å². The van der Waals surface area contributed by atoms with Gasteiger partial charge in [-0.2, -0.15) is 5.10 Å². The molecule has 2 aliphatic heterocycles. The van der Waals surface area contributed by atoms with E-state index in [9.17, 15) is 4.79 Å². The molecule has 3 aromatic rings. The first-order chi connectivity index (χ1) is 13.2. The smallest absolute Gasteiger partial charge is 0.262 e. The predicted molar refractivity (Wildman–Crippen MR) is 106 cm³/mol. The highest BCUT2D eigenvalue weighted by molar-refractivity contribution is 6.32. The minimum Gasteiger partial charge on any atom is -0.357 e. The van der Waals surface area contributed by atoms with Crippen molar-refractivity contribution >= 4 is 30.7 Å². The molecular formula is C19H19BN6O. The molecule has 0 bridgehead atoms. The van der Waals surface area contributed by atoms with Gasteiger partial charge >= 0.3 is 0 Å². The molecule has 0 saturated carbocycles. The van der Waals surface area contributed by atoms with E-state index in [0.717, 1.165) is 41.4 Å². The molecule has 3 aromatic heterocycles. The van der Waals surface area contributed by atoms with Gasteiger partial charge in [-0.3, -0.25) is 9.78 Å². The number of carbonyl (C=O) groups is 1. The quantitative estimate of drug-likeness (QED) is 0.645. The molecule has 5 rings (SSSR count). The van der Waals surface area contributed by atoms with E-state index in [1.165, 1.54) is 12.8 Å². The summed E-state index contributed by atoms with van der Waals surface area (Å²) in [5, 5.41) is 4.62. The summed E-state index contributed by atoms with van der Waals surface area (Å²) in [5.41, 5.74) is 4.12. The summed E-state index contributed by atoms with van der Waals surface area (Å²) in [6.45, 7) is 2.60. The minimum atomic E-state index is -0.0368. The zero-order chi connectivity index (χ0) is 18.4.